The zero-order valence-corrected chi connectivity index (χ0v) is 13.4. The average molecular weight is 301 g/mol. The second-order valence-electron chi connectivity index (χ2n) is 5.51. The average Bonchev–Trinajstić information content (AvgIpc) is 2.72. The van der Waals surface area contributed by atoms with Gasteiger partial charge in [0.15, 0.2) is 5.97 Å². The first-order valence-electron chi connectivity index (χ1n) is 5.93. The van der Waals surface area contributed by atoms with Gasteiger partial charge in [-0.05, 0) is 25.2 Å². The van der Waals surface area contributed by atoms with Gasteiger partial charge in [0.05, 0.1) is 0 Å². The molecule has 0 amide bonds. The molecule has 3 aliphatic rings. The van der Waals surface area contributed by atoms with Crippen LogP contribution < -0.4 is 0 Å². The fourth-order valence-electron chi connectivity index (χ4n) is 3.67. The van der Waals surface area contributed by atoms with Gasteiger partial charge in [-0.3, -0.25) is 10.7 Å². The van der Waals surface area contributed by atoms with E-state index in [0.29, 0.717) is 17.9 Å². The third-order valence-electron chi connectivity index (χ3n) is 4.54. The number of ether oxygens (including phenoxy) is 1. The summed E-state index contributed by atoms with van der Waals surface area (Å²) < 4.78 is 5.55. The summed E-state index contributed by atoms with van der Waals surface area (Å²) in [5.41, 5.74) is 0.0647. The quantitative estimate of drug-likeness (QED) is 0.372. The van der Waals surface area contributed by atoms with Crippen LogP contribution >= 0.6 is 0 Å². The van der Waals surface area contributed by atoms with E-state index in [2.05, 4.69) is 6.58 Å². The summed E-state index contributed by atoms with van der Waals surface area (Å²) >= 11 is 0. The van der Waals surface area contributed by atoms with Gasteiger partial charge in [0, 0.05) is 25.1 Å². The molecule has 5 heteroatoms. The molecular weight excluding hydrogens is 286 g/mol. The van der Waals surface area contributed by atoms with Crippen molar-refractivity contribution in [1.29, 1.82) is 0 Å². The number of carboxylic acid groups (broad SMARTS) is 1. The van der Waals surface area contributed by atoms with Crippen LogP contribution in [0.5, 0.6) is 0 Å². The molecule has 0 spiro atoms. The smallest absolute Gasteiger partial charge is 0.333 e. The van der Waals surface area contributed by atoms with Crippen molar-refractivity contribution in [3.63, 3.8) is 0 Å². The first kappa shape index (κ1) is 13.6. The Labute approximate surface area is 119 Å². The molecule has 0 saturated heterocycles. The number of fused-ring (bicyclic) bond motifs is 5. The maximum Gasteiger partial charge on any atom is 0.333 e. The minimum Gasteiger partial charge on any atom is -0.503 e. The number of hydrogen-bond acceptors (Lipinski definition) is 3. The largest absolute Gasteiger partial charge is 0.503 e. The van der Waals surface area contributed by atoms with E-state index in [1.54, 1.807) is 6.92 Å². The van der Waals surface area contributed by atoms with Crippen molar-refractivity contribution >= 4 is 11.9 Å². The summed E-state index contributed by atoms with van der Waals surface area (Å²) in [6.45, 7) is 5.22. The number of carbonyl (C=O) groups is 2. The predicted molar refractivity (Wildman–Crippen MR) is 58.8 cm³/mol. The fourth-order valence-corrected chi connectivity index (χ4v) is 3.67. The molecule has 4 atom stereocenters. The van der Waals surface area contributed by atoms with Gasteiger partial charge in [0.25, 0.3) is 0 Å². The van der Waals surface area contributed by atoms with Crippen LogP contribution in [0.15, 0.2) is 12.2 Å². The Kier molecular flexibility index (Phi) is 3.09. The summed E-state index contributed by atoms with van der Waals surface area (Å²) in [5, 5.41) is 9.07. The molecule has 4 nitrogen and oxygen atoms in total. The van der Waals surface area contributed by atoms with Gasteiger partial charge in [0.1, 0.15) is 5.60 Å². The Bertz CT molecular complexity index is 433. The maximum absolute atomic E-state index is 11.6. The van der Waals surface area contributed by atoms with Crippen LogP contribution in [-0.2, 0) is 33.8 Å². The Morgan fingerprint density at radius 2 is 2.17 bits per heavy atom. The predicted octanol–water partition coefficient (Wildman–Crippen LogP) is 1.56. The Balaban J connectivity index is 0.00000120. The summed E-state index contributed by atoms with van der Waals surface area (Å²) in [7, 11) is 0. The Morgan fingerprint density at radius 1 is 1.50 bits per heavy atom. The maximum atomic E-state index is 11.6. The van der Waals surface area contributed by atoms with Gasteiger partial charge in [-0.2, -0.15) is 0 Å². The topological polar surface area (TPSA) is 63.6 Å². The number of esters is 1. The number of aliphatic carboxylic acids is 1. The van der Waals surface area contributed by atoms with Gasteiger partial charge < -0.3 is 9.84 Å². The van der Waals surface area contributed by atoms with Crippen molar-refractivity contribution in [3.05, 3.63) is 18.1 Å². The summed E-state index contributed by atoms with van der Waals surface area (Å²) in [5.74, 6) is 0.124. The van der Waals surface area contributed by atoms with Crippen LogP contribution in [-0.4, -0.2) is 22.6 Å². The molecule has 0 aromatic heterocycles. The van der Waals surface area contributed by atoms with Crippen molar-refractivity contribution in [3.8, 4) is 0 Å². The minimum atomic E-state index is -0.774. The van der Waals surface area contributed by atoms with E-state index in [-0.39, 0.29) is 48.8 Å². The zero-order valence-electron chi connectivity index (χ0n) is 10.4. The number of rotatable bonds is 3. The van der Waals surface area contributed by atoms with E-state index < -0.39 is 5.97 Å². The Morgan fingerprint density at radius 3 is 2.67 bits per heavy atom. The second kappa shape index (κ2) is 4.09. The second-order valence-corrected chi connectivity index (χ2v) is 5.51. The molecule has 0 radical (unpaired) electrons. The van der Waals surface area contributed by atoms with E-state index in [1.807, 2.05) is 0 Å². The number of carbonyl (C=O) groups excluding carboxylic acids is 1. The van der Waals surface area contributed by atoms with E-state index >= 15 is 0 Å². The van der Waals surface area contributed by atoms with Crippen molar-refractivity contribution in [2.24, 2.45) is 17.8 Å². The van der Waals surface area contributed by atoms with E-state index in [9.17, 15) is 9.59 Å². The molecule has 3 fully saturated rings. The molecule has 18 heavy (non-hydrogen) atoms. The molecule has 0 heterocycles. The molecule has 3 rings (SSSR count). The molecule has 0 aliphatic heterocycles. The zero-order chi connectivity index (χ0) is 12.4. The van der Waals surface area contributed by atoms with Gasteiger partial charge in [-0.25, -0.2) is 4.79 Å². The molecule has 94 valence electrons. The minimum absolute atomic E-state index is 0. The van der Waals surface area contributed by atoms with Crippen molar-refractivity contribution in [2.75, 3.05) is 0 Å². The molecule has 1 N–H and O–H groups in total. The first-order chi connectivity index (χ1) is 7.95. The third kappa shape index (κ3) is 1.64. The van der Waals surface area contributed by atoms with Crippen LogP contribution in [0.25, 0.3) is 0 Å². The fraction of sp³-hybridized carbons (Fsp3) is 0.615. The monoisotopic (exact) mass is 299 g/mol. The molecule has 3 saturated carbocycles. The molecular formula is C13H15O4Zn-. The van der Waals surface area contributed by atoms with Crippen molar-refractivity contribution in [2.45, 2.75) is 31.8 Å². The van der Waals surface area contributed by atoms with Crippen molar-refractivity contribution in [1.82, 2.24) is 0 Å². The van der Waals surface area contributed by atoms with E-state index in [4.69, 9.17) is 9.84 Å². The van der Waals surface area contributed by atoms with Crippen LogP contribution in [0.2, 0.25) is 0 Å². The third-order valence-corrected chi connectivity index (χ3v) is 4.54. The van der Waals surface area contributed by atoms with Crippen LogP contribution in [0.3, 0.4) is 0 Å². The van der Waals surface area contributed by atoms with E-state index in [1.165, 1.54) is 0 Å². The van der Waals surface area contributed by atoms with Crippen LogP contribution in [0.1, 0.15) is 26.2 Å². The SMILES string of the molecule is C=C(C)C(=O)OC12CC1C1CC2C[C-]1C(=O)O.[Zn]. The molecule has 4 unspecified atom stereocenters. The molecule has 0 aromatic carbocycles. The molecule has 2 bridgehead atoms. The van der Waals surface area contributed by atoms with Crippen molar-refractivity contribution < 1.29 is 38.9 Å². The van der Waals surface area contributed by atoms with Crippen LogP contribution in [0.4, 0.5) is 0 Å². The van der Waals surface area contributed by atoms with Gasteiger partial charge >= 0.3 is 5.97 Å². The normalized spacial score (nSPS) is 38.7. The first-order valence-corrected chi connectivity index (χ1v) is 5.93. The van der Waals surface area contributed by atoms with Crippen LogP contribution in [0, 0.1) is 23.7 Å². The number of hydrogen-bond donors (Lipinski definition) is 1. The summed E-state index contributed by atoms with van der Waals surface area (Å²) in [6, 6.07) is 0. The van der Waals surface area contributed by atoms with E-state index in [0.717, 1.165) is 12.8 Å². The summed E-state index contributed by atoms with van der Waals surface area (Å²) in [6.07, 6.45) is 2.29. The number of carboxylic acids is 1. The van der Waals surface area contributed by atoms with Gasteiger partial charge in [-0.15, -0.1) is 12.3 Å². The van der Waals surface area contributed by atoms with Gasteiger partial charge in [0.2, 0.25) is 0 Å². The molecule has 3 aliphatic carbocycles. The van der Waals surface area contributed by atoms with Gasteiger partial charge in [-0.1, -0.05) is 13.0 Å². The Hall–Kier alpha value is -0.827. The molecule has 0 aromatic rings. The standard InChI is InChI=1S/C13H15O4.Zn/c1-6(2)12(16)17-13-5-10(13)8-3-7(13)4-9(8)11(14)15;/h7-8,10H,1,3-5H2,2H3,(H,14,15);/q-1;. The summed E-state index contributed by atoms with van der Waals surface area (Å²) in [4.78, 5) is 22.6.